The van der Waals surface area contributed by atoms with Crippen molar-refractivity contribution in [3.05, 3.63) is 57.1 Å². The zero-order valence-corrected chi connectivity index (χ0v) is 15.8. The van der Waals surface area contributed by atoms with Gasteiger partial charge in [0.15, 0.2) is 0 Å². The Morgan fingerprint density at radius 1 is 1.20 bits per heavy atom. The van der Waals surface area contributed by atoms with Gasteiger partial charge in [0.1, 0.15) is 6.61 Å². The third-order valence-electron chi connectivity index (χ3n) is 3.97. The number of esters is 2. The van der Waals surface area contributed by atoms with E-state index in [1.807, 2.05) is 32.2 Å². The van der Waals surface area contributed by atoms with Crippen LogP contribution in [0.1, 0.15) is 37.1 Å². The van der Waals surface area contributed by atoms with E-state index in [0.29, 0.717) is 22.5 Å². The zero-order chi connectivity index (χ0) is 18.6. The largest absolute Gasteiger partial charge is 0.463 e. The Labute approximate surface area is 152 Å². The van der Waals surface area contributed by atoms with Crippen molar-refractivity contribution in [1.82, 2.24) is 5.32 Å². The lowest BCUT2D eigenvalue weighted by Crippen LogP contribution is -2.32. The maximum atomic E-state index is 12.7. The summed E-state index contributed by atoms with van der Waals surface area (Å²) in [5, 5.41) is 5.08. The standard InChI is InChI=1S/C19H23NO4S/c1-6-9-24-19(22)15-13(5)20-12(4)14(18(21)23-7-2)16(15)17-11(3)8-10-25-17/h6,8,10,16,20H,1,7,9H2,2-5H3. The number of allylic oxidation sites excluding steroid dienone is 2. The number of aryl methyl sites for hydroxylation is 1. The van der Waals surface area contributed by atoms with Gasteiger partial charge in [-0.15, -0.1) is 11.3 Å². The average Bonchev–Trinajstić information content (AvgIpc) is 2.97. The van der Waals surface area contributed by atoms with Crippen LogP contribution in [0.5, 0.6) is 0 Å². The molecule has 5 nitrogen and oxygen atoms in total. The highest BCUT2D eigenvalue weighted by Gasteiger charge is 2.39. The Hall–Kier alpha value is -2.34. The summed E-state index contributed by atoms with van der Waals surface area (Å²) >= 11 is 1.51. The Balaban J connectivity index is 2.58. The molecule has 134 valence electrons. The van der Waals surface area contributed by atoms with E-state index in [2.05, 4.69) is 11.9 Å². The van der Waals surface area contributed by atoms with E-state index in [0.717, 1.165) is 10.4 Å². The summed E-state index contributed by atoms with van der Waals surface area (Å²) in [7, 11) is 0. The molecule has 1 N–H and O–H groups in total. The number of hydrogen-bond acceptors (Lipinski definition) is 6. The molecule has 0 aromatic carbocycles. The molecule has 0 bridgehead atoms. The molecule has 0 saturated heterocycles. The topological polar surface area (TPSA) is 64.6 Å². The first-order valence-electron chi connectivity index (χ1n) is 8.10. The number of hydrogen-bond donors (Lipinski definition) is 1. The van der Waals surface area contributed by atoms with Gasteiger partial charge in [0.25, 0.3) is 0 Å². The summed E-state index contributed by atoms with van der Waals surface area (Å²) in [5.74, 6) is -1.39. The Kier molecular flexibility index (Phi) is 6.20. The van der Waals surface area contributed by atoms with Gasteiger partial charge >= 0.3 is 11.9 Å². The van der Waals surface area contributed by atoms with E-state index in [4.69, 9.17) is 9.47 Å². The SMILES string of the molecule is C=CCOC(=O)C1=C(C)NC(C)=C(C(=O)OCC)C1c1sccc1C. The van der Waals surface area contributed by atoms with Crippen molar-refractivity contribution in [3.63, 3.8) is 0 Å². The predicted octanol–water partition coefficient (Wildman–Crippen LogP) is 3.58. The number of carbonyl (C=O) groups is 2. The minimum absolute atomic E-state index is 0.114. The Morgan fingerprint density at radius 3 is 2.28 bits per heavy atom. The summed E-state index contributed by atoms with van der Waals surface area (Å²) < 4.78 is 10.5. The van der Waals surface area contributed by atoms with Gasteiger partial charge in [0, 0.05) is 16.3 Å². The molecule has 0 aliphatic carbocycles. The second-order valence-corrected chi connectivity index (χ2v) is 6.66. The summed E-state index contributed by atoms with van der Waals surface area (Å²) in [6, 6.07) is 1.97. The van der Waals surface area contributed by atoms with Crippen LogP contribution in [0.25, 0.3) is 0 Å². The van der Waals surface area contributed by atoms with Gasteiger partial charge in [-0.2, -0.15) is 0 Å². The number of ether oxygens (including phenoxy) is 2. The fourth-order valence-electron chi connectivity index (χ4n) is 2.90. The molecule has 2 heterocycles. The molecule has 0 saturated carbocycles. The smallest absolute Gasteiger partial charge is 0.337 e. The van der Waals surface area contributed by atoms with E-state index < -0.39 is 17.9 Å². The van der Waals surface area contributed by atoms with Crippen LogP contribution in [0.4, 0.5) is 0 Å². The molecule has 1 aliphatic rings. The molecule has 0 radical (unpaired) electrons. The summed E-state index contributed by atoms with van der Waals surface area (Å²) in [6.07, 6.45) is 1.52. The minimum atomic E-state index is -0.502. The van der Waals surface area contributed by atoms with Gasteiger partial charge in [-0.3, -0.25) is 0 Å². The van der Waals surface area contributed by atoms with Crippen LogP contribution in [-0.4, -0.2) is 25.2 Å². The van der Waals surface area contributed by atoms with E-state index in [1.54, 1.807) is 6.92 Å². The molecule has 1 aromatic heterocycles. The fraction of sp³-hybridized carbons (Fsp3) is 0.368. The Morgan fingerprint density at radius 2 is 1.80 bits per heavy atom. The van der Waals surface area contributed by atoms with Crippen molar-refractivity contribution in [1.29, 1.82) is 0 Å². The molecule has 1 aliphatic heterocycles. The van der Waals surface area contributed by atoms with Gasteiger partial charge in [-0.25, -0.2) is 9.59 Å². The maximum Gasteiger partial charge on any atom is 0.337 e. The summed E-state index contributed by atoms with van der Waals surface area (Å²) in [6.45, 7) is 11.3. The zero-order valence-electron chi connectivity index (χ0n) is 15.0. The van der Waals surface area contributed by atoms with Gasteiger partial charge in [-0.1, -0.05) is 12.7 Å². The van der Waals surface area contributed by atoms with Crippen LogP contribution >= 0.6 is 11.3 Å². The summed E-state index contributed by atoms with van der Waals surface area (Å²) in [5.41, 5.74) is 3.27. The molecule has 6 heteroatoms. The third kappa shape index (κ3) is 3.85. The van der Waals surface area contributed by atoms with Gasteiger partial charge in [0.05, 0.1) is 23.7 Å². The second kappa shape index (κ2) is 8.16. The third-order valence-corrected chi connectivity index (χ3v) is 5.06. The molecule has 0 amide bonds. The van der Waals surface area contributed by atoms with Gasteiger partial charge < -0.3 is 14.8 Å². The van der Waals surface area contributed by atoms with E-state index in [-0.39, 0.29) is 13.2 Å². The lowest BCUT2D eigenvalue weighted by atomic mass is 9.83. The van der Waals surface area contributed by atoms with Crippen molar-refractivity contribution >= 4 is 23.3 Å². The fourth-order valence-corrected chi connectivity index (χ4v) is 3.94. The first kappa shape index (κ1) is 19.0. The van der Waals surface area contributed by atoms with Crippen LogP contribution in [0.15, 0.2) is 46.6 Å². The number of carbonyl (C=O) groups excluding carboxylic acids is 2. The molecular formula is C19H23NO4S. The van der Waals surface area contributed by atoms with Crippen molar-refractivity contribution in [2.24, 2.45) is 0 Å². The number of rotatable bonds is 6. The second-order valence-electron chi connectivity index (χ2n) is 5.71. The highest BCUT2D eigenvalue weighted by Crippen LogP contribution is 2.42. The van der Waals surface area contributed by atoms with Crippen LogP contribution < -0.4 is 5.32 Å². The Bertz CT molecular complexity index is 757. The van der Waals surface area contributed by atoms with Crippen molar-refractivity contribution < 1.29 is 19.1 Å². The number of thiophene rings is 1. The lowest BCUT2D eigenvalue weighted by Gasteiger charge is -2.30. The summed E-state index contributed by atoms with van der Waals surface area (Å²) in [4.78, 5) is 26.2. The molecule has 1 aromatic rings. The lowest BCUT2D eigenvalue weighted by molar-refractivity contribution is -0.139. The highest BCUT2D eigenvalue weighted by atomic mass is 32.1. The molecule has 25 heavy (non-hydrogen) atoms. The normalized spacial score (nSPS) is 17.2. The molecular weight excluding hydrogens is 338 g/mol. The first-order valence-corrected chi connectivity index (χ1v) is 8.97. The molecule has 2 rings (SSSR count). The number of nitrogens with one attached hydrogen (secondary N) is 1. The van der Waals surface area contributed by atoms with Crippen molar-refractivity contribution in [2.45, 2.75) is 33.6 Å². The van der Waals surface area contributed by atoms with E-state index in [9.17, 15) is 9.59 Å². The molecule has 0 spiro atoms. The molecule has 0 fully saturated rings. The maximum absolute atomic E-state index is 12.7. The highest BCUT2D eigenvalue weighted by molar-refractivity contribution is 7.10. The van der Waals surface area contributed by atoms with Crippen molar-refractivity contribution in [2.75, 3.05) is 13.2 Å². The quantitative estimate of drug-likeness (QED) is 0.620. The minimum Gasteiger partial charge on any atom is -0.463 e. The van der Waals surface area contributed by atoms with Crippen LogP contribution in [0.3, 0.4) is 0 Å². The van der Waals surface area contributed by atoms with Crippen molar-refractivity contribution in [3.8, 4) is 0 Å². The van der Waals surface area contributed by atoms with E-state index in [1.165, 1.54) is 17.4 Å². The van der Waals surface area contributed by atoms with Crippen LogP contribution in [-0.2, 0) is 19.1 Å². The molecule has 1 atom stereocenters. The monoisotopic (exact) mass is 361 g/mol. The van der Waals surface area contributed by atoms with E-state index >= 15 is 0 Å². The van der Waals surface area contributed by atoms with Gasteiger partial charge in [0.2, 0.25) is 0 Å². The van der Waals surface area contributed by atoms with Crippen LogP contribution in [0.2, 0.25) is 0 Å². The van der Waals surface area contributed by atoms with Crippen LogP contribution in [0, 0.1) is 6.92 Å². The first-order chi connectivity index (χ1) is 11.9. The average molecular weight is 361 g/mol. The number of dihydropyridines is 1. The predicted molar refractivity (Wildman–Crippen MR) is 98.1 cm³/mol. The molecule has 1 unspecified atom stereocenters. The van der Waals surface area contributed by atoms with Gasteiger partial charge in [-0.05, 0) is 44.7 Å².